The number of carbonyl (C=O) groups excluding carboxylic acids is 3. The number of aromatic amines is 1. The van der Waals surface area contributed by atoms with Crippen molar-refractivity contribution in [3.63, 3.8) is 0 Å². The molecule has 2 aromatic carbocycles. The van der Waals surface area contributed by atoms with Crippen LogP contribution in [-0.2, 0) is 55.6 Å². The summed E-state index contributed by atoms with van der Waals surface area (Å²) < 4.78 is 48.3. The Bertz CT molecular complexity index is 2670. The van der Waals surface area contributed by atoms with Gasteiger partial charge in [0.25, 0.3) is 0 Å². The minimum atomic E-state index is -3.07. The first-order valence-corrected chi connectivity index (χ1v) is 22.4. The molecule has 2 fully saturated rings. The highest BCUT2D eigenvalue weighted by Gasteiger charge is 2.80. The van der Waals surface area contributed by atoms with E-state index in [-0.39, 0.29) is 18.4 Å². The van der Waals surface area contributed by atoms with E-state index in [2.05, 4.69) is 27.8 Å². The summed E-state index contributed by atoms with van der Waals surface area (Å²) in [6, 6.07) is 10.3. The van der Waals surface area contributed by atoms with Crippen LogP contribution in [0.2, 0.25) is 0 Å². The second-order valence-electron chi connectivity index (χ2n) is 18.6. The third-order valence-corrected chi connectivity index (χ3v) is 15.5. The van der Waals surface area contributed by atoms with E-state index < -0.39 is 83.1 Å². The third-order valence-electron chi connectivity index (χ3n) is 15.5. The van der Waals surface area contributed by atoms with Gasteiger partial charge in [-0.05, 0) is 61.4 Å². The number of aliphatic carboxylic acids is 2. The zero-order chi connectivity index (χ0) is 51.0. The molecule has 3 aromatic rings. The number of nitrogens with one attached hydrogen (secondary N) is 1. The van der Waals surface area contributed by atoms with Crippen LogP contribution in [-0.4, -0.2) is 161 Å². The molecular weight excluding hydrogens is 869 g/mol. The summed E-state index contributed by atoms with van der Waals surface area (Å²) in [5.74, 6) is -5.89. The number of carboxylic acids is 2. The Balaban J connectivity index is 0.000000595. The molecule has 9 rings (SSSR count). The summed E-state index contributed by atoms with van der Waals surface area (Å²) in [5, 5.41) is 46.8. The van der Waals surface area contributed by atoms with Crippen LogP contribution < -0.4 is 9.64 Å². The lowest BCUT2D eigenvalue weighted by Gasteiger charge is -2.63. The van der Waals surface area contributed by atoms with E-state index in [1.54, 1.807) is 0 Å². The van der Waals surface area contributed by atoms with Crippen LogP contribution in [0.5, 0.6) is 5.75 Å². The number of aliphatic hydroxyl groups excluding tert-OH is 2. The number of rotatable bonds is 10. The number of aromatic nitrogens is 1. The number of para-hydroxylation sites is 1. The van der Waals surface area contributed by atoms with E-state index in [0.29, 0.717) is 61.7 Å². The smallest absolute Gasteiger partial charge is 0.344 e. The number of carboxylic acid groups (broad SMARTS) is 2. The molecule has 11 atom stereocenters. The molecule has 18 nitrogen and oxygen atoms in total. The quantitative estimate of drug-likeness (QED) is 0.0972. The minimum absolute atomic E-state index is 0.168. The molecule has 1 saturated carbocycles. The van der Waals surface area contributed by atoms with Gasteiger partial charge >= 0.3 is 29.8 Å². The zero-order valence-corrected chi connectivity index (χ0v) is 38.3. The molecule has 1 saturated heterocycles. The van der Waals surface area contributed by atoms with E-state index in [1.807, 2.05) is 67.4 Å². The van der Waals surface area contributed by atoms with Gasteiger partial charge < -0.3 is 54.4 Å². The molecule has 1 aromatic heterocycles. The number of likely N-dealkylation sites (N-methyl/N-ethyl adjacent to an activating group) is 1. The van der Waals surface area contributed by atoms with E-state index in [4.69, 9.17) is 43.5 Å². The summed E-state index contributed by atoms with van der Waals surface area (Å²) in [7, 11) is 1.49. The average Bonchev–Trinajstić information content (AvgIpc) is 3.97. The number of ether oxygens (including phenoxy) is 4. The Morgan fingerprint density at radius 1 is 0.970 bits per heavy atom. The largest absolute Gasteiger partial charge is 0.496 e. The van der Waals surface area contributed by atoms with Crippen LogP contribution in [0.4, 0.5) is 5.69 Å². The molecule has 67 heavy (non-hydrogen) atoms. The monoisotopic (exact) mass is 931 g/mol. The van der Waals surface area contributed by atoms with E-state index in [0.717, 1.165) is 35.0 Å². The average molecular weight is 932 g/mol. The predicted molar refractivity (Wildman–Crippen MR) is 241 cm³/mol. The fraction of sp³-hybridized carbons (Fsp3) is 0.531. The van der Waals surface area contributed by atoms with Crippen LogP contribution in [0.1, 0.15) is 73.0 Å². The van der Waals surface area contributed by atoms with Gasteiger partial charge in [-0.25, -0.2) is 14.4 Å². The van der Waals surface area contributed by atoms with Crippen LogP contribution in [0.3, 0.4) is 0 Å². The molecule has 5 aliphatic heterocycles. The lowest BCUT2D eigenvalue weighted by molar-refractivity contribution is -0.228. The first kappa shape index (κ1) is 43.8. The fourth-order valence-electron chi connectivity index (χ4n) is 13.0. The molecule has 2 bridgehead atoms. The molecule has 1 spiro atoms. The molecule has 18 heteroatoms. The fourth-order valence-corrected chi connectivity index (χ4v) is 13.0. The van der Waals surface area contributed by atoms with Crippen LogP contribution in [0, 0.1) is 11.3 Å². The Morgan fingerprint density at radius 3 is 2.31 bits per heavy atom. The molecule has 6 aliphatic rings. The maximum atomic E-state index is 15.5. The summed E-state index contributed by atoms with van der Waals surface area (Å²) >= 11 is 0. The van der Waals surface area contributed by atoms with E-state index in [9.17, 15) is 24.3 Å². The molecule has 360 valence electrons. The van der Waals surface area contributed by atoms with Crippen LogP contribution >= 0.6 is 0 Å². The highest BCUT2D eigenvalue weighted by Crippen LogP contribution is 2.68. The van der Waals surface area contributed by atoms with Gasteiger partial charge in [-0.2, -0.15) is 0 Å². The molecule has 6 heterocycles. The molecule has 0 radical (unpaired) electrons. The number of anilines is 1. The van der Waals surface area contributed by atoms with Crippen molar-refractivity contribution in [2.75, 3.05) is 59.4 Å². The van der Waals surface area contributed by atoms with Crippen molar-refractivity contribution in [3.05, 3.63) is 82.6 Å². The van der Waals surface area contributed by atoms with E-state index in [1.165, 1.54) is 26.7 Å². The van der Waals surface area contributed by atoms with Crippen molar-refractivity contribution >= 4 is 46.4 Å². The standard InChI is InChI=1S/C45H54N4O8.C4H6O6/c1-8-27-19-28-22-44(40(51)55-6,36-30(25-48(23-27)24-28)29-13-10-11-14-33(29)46-36)32-20-31-34(21-35(32)54-5)47(4)38-43(31)16-18-49-17-12-15-42(9-2,37(43)49)39(57-26(3)50)45(38,53)41(52)56-7;5-1(3(7)8)2(6)4(9)10/h10-15,19-21,28,37-39,46,53H,8-9,16-18,22-25H2,1-7H3;1-2,5-6H,(H,7,8)(H,9,10)/t28-,37-,38+,39-,42+,43+,44-,45-;/m0./s1/i6D3;. The normalized spacial score (nSPS) is 32.9. The Hall–Kier alpha value is -5.79. The van der Waals surface area contributed by atoms with Gasteiger partial charge in [-0.15, -0.1) is 0 Å². The number of fused-ring (bicyclic) bond motifs is 6. The number of aliphatic hydroxyl groups is 3. The van der Waals surface area contributed by atoms with Gasteiger partial charge in [0.2, 0.25) is 5.60 Å². The van der Waals surface area contributed by atoms with Crippen molar-refractivity contribution < 1.29 is 72.6 Å². The highest BCUT2D eigenvalue weighted by atomic mass is 16.6. The number of esters is 3. The first-order valence-electron chi connectivity index (χ1n) is 23.9. The Kier molecular flexibility index (Phi) is 11.4. The lowest BCUT2D eigenvalue weighted by atomic mass is 9.47. The van der Waals surface area contributed by atoms with Crippen molar-refractivity contribution in [1.82, 2.24) is 14.8 Å². The van der Waals surface area contributed by atoms with E-state index >= 15 is 4.79 Å². The van der Waals surface area contributed by atoms with Crippen LogP contribution in [0.25, 0.3) is 10.9 Å². The molecule has 1 aliphatic carbocycles. The van der Waals surface area contributed by atoms with Gasteiger partial charge in [0.15, 0.2) is 18.3 Å². The maximum Gasteiger partial charge on any atom is 0.344 e. The van der Waals surface area contributed by atoms with Gasteiger partial charge in [0.05, 0.1) is 31.4 Å². The second-order valence-corrected chi connectivity index (χ2v) is 18.6. The Morgan fingerprint density at radius 2 is 1.69 bits per heavy atom. The summed E-state index contributed by atoms with van der Waals surface area (Å²) in [4.78, 5) is 72.6. The second kappa shape index (κ2) is 17.4. The lowest BCUT2D eigenvalue weighted by Crippen LogP contribution is -2.81. The van der Waals surface area contributed by atoms with Crippen molar-refractivity contribution in [3.8, 4) is 5.75 Å². The van der Waals surface area contributed by atoms with Crippen molar-refractivity contribution in [1.29, 1.82) is 0 Å². The highest BCUT2D eigenvalue weighted by molar-refractivity contribution is 5.95. The molecule has 0 amide bonds. The van der Waals surface area contributed by atoms with Crippen molar-refractivity contribution in [2.45, 2.75) is 99.8 Å². The predicted octanol–water partition coefficient (Wildman–Crippen LogP) is 2.63. The summed E-state index contributed by atoms with van der Waals surface area (Å²) in [6.45, 7) is 8.50. The number of hydrogen-bond acceptors (Lipinski definition) is 15. The Labute approximate surface area is 391 Å². The van der Waals surface area contributed by atoms with Crippen molar-refractivity contribution in [2.24, 2.45) is 11.3 Å². The zero-order valence-electron chi connectivity index (χ0n) is 41.3. The van der Waals surface area contributed by atoms with Gasteiger partial charge in [-0.1, -0.05) is 55.8 Å². The van der Waals surface area contributed by atoms with Gasteiger partial charge in [-0.3, -0.25) is 19.4 Å². The topological polar surface area (TPSA) is 249 Å². The number of benzene rings is 2. The maximum absolute atomic E-state index is 15.5. The number of nitrogens with zero attached hydrogens (tertiary/aromatic N) is 3. The van der Waals surface area contributed by atoms with Gasteiger partial charge in [0.1, 0.15) is 11.2 Å². The number of carbonyl (C=O) groups is 5. The van der Waals surface area contributed by atoms with Gasteiger partial charge in [0, 0.05) is 90.9 Å². The number of hydrogen-bond donors (Lipinski definition) is 6. The number of methoxy groups -OCH3 is 3. The number of H-pyrrole nitrogens is 1. The molecule has 3 unspecified atom stereocenters. The first-order chi connectivity index (χ1) is 33.0. The molecular formula is C49H60N4O14. The molecule has 6 N–H and O–H groups in total. The summed E-state index contributed by atoms with van der Waals surface area (Å²) in [6.07, 6.45) is 2.32. The SMILES string of the molecule is O=C(O)C(O)C(O)C(=O)O.[2H]C([2H])([2H])OC(=O)[C@]1(c2cc3c(cc2OC)N(C)[C@H]2[C@@](O)(C(=O)OC)[C@@H](OC(C)=O)[C@]4(CC)C=CCN5CC[C@]32[C@@H]54)C[C@@H]2C=C(CC)CN(Cc3c1[nH]c1ccccc31)C2. The third kappa shape index (κ3) is 6.88. The minimum Gasteiger partial charge on any atom is -0.496 e. The van der Waals surface area contributed by atoms with Crippen LogP contribution in [0.15, 0.2) is 60.2 Å². The summed E-state index contributed by atoms with van der Waals surface area (Å²) in [5.41, 5.74) is -0.837.